The zero-order chi connectivity index (χ0) is 15.6. The van der Waals surface area contributed by atoms with Gasteiger partial charge in [0.05, 0.1) is 11.6 Å². The molecule has 1 N–H and O–H groups in total. The monoisotopic (exact) mass is 351 g/mol. The summed E-state index contributed by atoms with van der Waals surface area (Å²) in [6.45, 7) is 0.402. The van der Waals surface area contributed by atoms with E-state index in [2.05, 4.69) is 5.32 Å². The zero-order valence-corrected chi connectivity index (χ0v) is 13.5. The molecule has 122 valence electrons. The Balaban J connectivity index is 0.00000242. The van der Waals surface area contributed by atoms with Crippen molar-refractivity contribution in [2.45, 2.75) is 23.8 Å². The molecule has 5 nitrogen and oxygen atoms in total. The van der Waals surface area contributed by atoms with Gasteiger partial charge in [0, 0.05) is 19.1 Å². The molecule has 0 bridgehead atoms. The van der Waals surface area contributed by atoms with E-state index in [1.165, 1.54) is 0 Å². The number of nitrogens with one attached hydrogen (secondary N) is 1. The molecule has 22 heavy (non-hydrogen) atoms. The van der Waals surface area contributed by atoms with Gasteiger partial charge in [-0.2, -0.15) is 9.57 Å². The molecular weight excluding hydrogens is 336 g/mol. The van der Waals surface area contributed by atoms with Crippen LogP contribution < -0.4 is 5.32 Å². The molecule has 0 aliphatic carbocycles. The van der Waals surface area contributed by atoms with E-state index in [1.807, 2.05) is 0 Å². The number of nitriles is 1. The van der Waals surface area contributed by atoms with E-state index in [9.17, 15) is 17.2 Å². The molecule has 1 saturated heterocycles. The molecule has 1 aliphatic heterocycles. The van der Waals surface area contributed by atoms with Gasteiger partial charge >= 0.3 is 0 Å². The topological polar surface area (TPSA) is 73.2 Å². The van der Waals surface area contributed by atoms with Crippen LogP contribution in [-0.4, -0.2) is 38.9 Å². The molecular formula is C13H16ClF2N3O2S. The standard InChI is InChI=1S/C13H15F2N3O2S.ClH/c1-17-10-2-4-18(5-3-10)21(19,20)13-11(14)6-9(8-16)7-12(13)15;/h6-7,10,17H,2-5H2,1H3;1H. The van der Waals surface area contributed by atoms with E-state index in [1.54, 1.807) is 13.1 Å². The fourth-order valence-corrected chi connectivity index (χ4v) is 3.95. The summed E-state index contributed by atoms with van der Waals surface area (Å²) in [5.41, 5.74) is -0.252. The second kappa shape index (κ2) is 7.33. The molecule has 1 heterocycles. The van der Waals surface area contributed by atoms with Crippen molar-refractivity contribution in [2.24, 2.45) is 0 Å². The summed E-state index contributed by atoms with van der Waals surface area (Å²) >= 11 is 0. The fourth-order valence-electron chi connectivity index (χ4n) is 2.38. The largest absolute Gasteiger partial charge is 0.317 e. The van der Waals surface area contributed by atoms with Crippen LogP contribution in [0.4, 0.5) is 8.78 Å². The predicted octanol–water partition coefficient (Wildman–Crippen LogP) is 1.63. The number of sulfonamides is 1. The highest BCUT2D eigenvalue weighted by atomic mass is 35.5. The van der Waals surface area contributed by atoms with Crippen LogP contribution in [0.15, 0.2) is 17.0 Å². The Kier molecular flexibility index (Phi) is 6.26. The van der Waals surface area contributed by atoms with Gasteiger partial charge in [0.2, 0.25) is 10.0 Å². The molecule has 0 spiro atoms. The Morgan fingerprint density at radius 1 is 1.27 bits per heavy atom. The van der Waals surface area contributed by atoms with E-state index < -0.39 is 26.6 Å². The third-order valence-electron chi connectivity index (χ3n) is 3.59. The molecule has 0 saturated carbocycles. The number of piperidine rings is 1. The third kappa shape index (κ3) is 3.55. The van der Waals surface area contributed by atoms with Gasteiger partial charge in [0.1, 0.15) is 11.6 Å². The molecule has 9 heteroatoms. The van der Waals surface area contributed by atoms with Gasteiger partial charge in [-0.25, -0.2) is 17.2 Å². The Morgan fingerprint density at radius 2 is 1.77 bits per heavy atom. The van der Waals surface area contributed by atoms with Crippen molar-refractivity contribution in [3.05, 3.63) is 29.3 Å². The van der Waals surface area contributed by atoms with Crippen LogP contribution >= 0.6 is 12.4 Å². The Hall–Kier alpha value is -1.27. The second-order valence-electron chi connectivity index (χ2n) is 4.85. The van der Waals surface area contributed by atoms with Crippen molar-refractivity contribution in [1.29, 1.82) is 5.26 Å². The van der Waals surface area contributed by atoms with Crippen LogP contribution in [-0.2, 0) is 10.0 Å². The third-order valence-corrected chi connectivity index (χ3v) is 5.54. The second-order valence-corrected chi connectivity index (χ2v) is 6.72. The van der Waals surface area contributed by atoms with E-state index in [4.69, 9.17) is 5.26 Å². The molecule has 1 fully saturated rings. The van der Waals surface area contributed by atoms with E-state index in [-0.39, 0.29) is 37.1 Å². The first-order valence-electron chi connectivity index (χ1n) is 6.46. The lowest BCUT2D eigenvalue weighted by molar-refractivity contribution is 0.296. The molecule has 1 aromatic carbocycles. The number of benzene rings is 1. The van der Waals surface area contributed by atoms with Crippen molar-refractivity contribution in [2.75, 3.05) is 20.1 Å². The lowest BCUT2D eigenvalue weighted by Crippen LogP contribution is -2.44. The van der Waals surface area contributed by atoms with Crippen LogP contribution in [0.5, 0.6) is 0 Å². The molecule has 0 aromatic heterocycles. The van der Waals surface area contributed by atoms with Crippen molar-refractivity contribution in [1.82, 2.24) is 9.62 Å². The minimum Gasteiger partial charge on any atom is -0.317 e. The van der Waals surface area contributed by atoms with Gasteiger partial charge < -0.3 is 5.32 Å². The maximum atomic E-state index is 13.9. The first-order chi connectivity index (χ1) is 9.90. The van der Waals surface area contributed by atoms with Crippen LogP contribution in [0.3, 0.4) is 0 Å². The van der Waals surface area contributed by atoms with Crippen LogP contribution in [0.2, 0.25) is 0 Å². The summed E-state index contributed by atoms with van der Waals surface area (Å²) in [6.07, 6.45) is 1.16. The average molecular weight is 352 g/mol. The Morgan fingerprint density at radius 3 is 2.18 bits per heavy atom. The molecule has 1 aromatic rings. The van der Waals surface area contributed by atoms with E-state index >= 15 is 0 Å². The van der Waals surface area contributed by atoms with E-state index in [0.29, 0.717) is 12.8 Å². The number of nitrogens with zero attached hydrogens (tertiary/aromatic N) is 2. The molecule has 0 radical (unpaired) electrons. The summed E-state index contributed by atoms with van der Waals surface area (Å²) in [5, 5.41) is 11.7. The predicted molar refractivity (Wildman–Crippen MR) is 79.2 cm³/mol. The minimum atomic E-state index is -4.23. The Labute approximate surface area is 134 Å². The number of halogens is 3. The van der Waals surface area contributed by atoms with Gasteiger partial charge in [0.15, 0.2) is 4.90 Å². The highest BCUT2D eigenvalue weighted by Crippen LogP contribution is 2.26. The van der Waals surface area contributed by atoms with Gasteiger partial charge in [-0.15, -0.1) is 12.4 Å². The van der Waals surface area contributed by atoms with Crippen molar-refractivity contribution in [3.63, 3.8) is 0 Å². The normalized spacial score (nSPS) is 16.8. The molecule has 0 unspecified atom stereocenters. The summed E-state index contributed by atoms with van der Waals surface area (Å²) < 4.78 is 53.6. The van der Waals surface area contributed by atoms with Crippen LogP contribution in [0, 0.1) is 23.0 Å². The smallest absolute Gasteiger partial charge is 0.248 e. The highest BCUT2D eigenvalue weighted by Gasteiger charge is 2.33. The maximum absolute atomic E-state index is 13.9. The van der Waals surface area contributed by atoms with E-state index in [0.717, 1.165) is 16.4 Å². The Bertz CT molecular complexity index is 660. The van der Waals surface area contributed by atoms with Gasteiger partial charge in [-0.1, -0.05) is 0 Å². The summed E-state index contributed by atoms with van der Waals surface area (Å²) in [6, 6.07) is 3.25. The number of hydrogen-bond acceptors (Lipinski definition) is 4. The number of rotatable bonds is 3. The summed E-state index contributed by atoms with van der Waals surface area (Å²) in [4.78, 5) is -0.982. The van der Waals surface area contributed by atoms with Crippen molar-refractivity contribution >= 4 is 22.4 Å². The highest BCUT2D eigenvalue weighted by molar-refractivity contribution is 7.89. The fraction of sp³-hybridized carbons (Fsp3) is 0.462. The van der Waals surface area contributed by atoms with Gasteiger partial charge in [-0.05, 0) is 32.0 Å². The van der Waals surface area contributed by atoms with Crippen molar-refractivity contribution in [3.8, 4) is 6.07 Å². The van der Waals surface area contributed by atoms with Gasteiger partial charge in [-0.3, -0.25) is 0 Å². The molecule has 2 rings (SSSR count). The van der Waals surface area contributed by atoms with Gasteiger partial charge in [0.25, 0.3) is 0 Å². The lowest BCUT2D eigenvalue weighted by Gasteiger charge is -2.31. The molecule has 0 atom stereocenters. The molecule has 1 aliphatic rings. The lowest BCUT2D eigenvalue weighted by atomic mass is 10.1. The quantitative estimate of drug-likeness (QED) is 0.898. The first-order valence-corrected chi connectivity index (χ1v) is 7.90. The van der Waals surface area contributed by atoms with Crippen LogP contribution in [0.25, 0.3) is 0 Å². The minimum absolute atomic E-state index is 0. The van der Waals surface area contributed by atoms with Crippen LogP contribution in [0.1, 0.15) is 18.4 Å². The number of hydrogen-bond donors (Lipinski definition) is 1. The zero-order valence-electron chi connectivity index (χ0n) is 11.8. The maximum Gasteiger partial charge on any atom is 0.248 e. The summed E-state index contributed by atoms with van der Waals surface area (Å²) in [5.74, 6) is -2.47. The summed E-state index contributed by atoms with van der Waals surface area (Å²) in [7, 11) is -2.45. The SMILES string of the molecule is CNC1CCN(S(=O)(=O)c2c(F)cc(C#N)cc2F)CC1.Cl. The van der Waals surface area contributed by atoms with Crippen molar-refractivity contribution < 1.29 is 17.2 Å². The average Bonchev–Trinajstić information content (AvgIpc) is 2.46. The first kappa shape index (κ1) is 18.8. The molecule has 0 amide bonds.